The van der Waals surface area contributed by atoms with Gasteiger partial charge in [-0.05, 0) is 25.7 Å². The number of rotatable bonds is 3. The Labute approximate surface area is 89.6 Å². The van der Waals surface area contributed by atoms with Gasteiger partial charge < -0.3 is 10.5 Å². The van der Waals surface area contributed by atoms with Gasteiger partial charge in [-0.25, -0.2) is 4.68 Å². The lowest BCUT2D eigenvalue weighted by atomic mass is 10.1. The Hall–Kier alpha value is -1.10. The Balaban J connectivity index is 2.02. The largest absolute Gasteiger partial charge is 0.381 e. The summed E-state index contributed by atoms with van der Waals surface area (Å²) in [6.45, 7) is 3.72. The first-order chi connectivity index (χ1) is 7.31. The molecule has 0 saturated carbocycles. The molecule has 1 aromatic heterocycles. The number of aromatic nitrogens is 3. The van der Waals surface area contributed by atoms with Crippen LogP contribution in [0.2, 0.25) is 0 Å². The highest BCUT2D eigenvalue weighted by Gasteiger charge is 2.17. The number of hydrogen-bond donors (Lipinski definition) is 1. The second kappa shape index (κ2) is 4.61. The Morgan fingerprint density at radius 3 is 3.07 bits per heavy atom. The lowest BCUT2D eigenvalue weighted by molar-refractivity contribution is 0.00326. The van der Waals surface area contributed by atoms with Crippen molar-refractivity contribution >= 4 is 5.82 Å². The van der Waals surface area contributed by atoms with Gasteiger partial charge in [-0.1, -0.05) is 12.1 Å². The molecule has 1 unspecified atom stereocenters. The molecule has 15 heavy (non-hydrogen) atoms. The fourth-order valence-electron chi connectivity index (χ4n) is 2.00. The molecule has 1 aliphatic rings. The van der Waals surface area contributed by atoms with Gasteiger partial charge in [0.2, 0.25) is 0 Å². The number of hydrogen-bond acceptors (Lipinski definition) is 4. The molecule has 2 heterocycles. The molecule has 0 amide bonds. The lowest BCUT2D eigenvalue weighted by Gasteiger charge is -2.22. The quantitative estimate of drug-likeness (QED) is 0.808. The van der Waals surface area contributed by atoms with Crippen LogP contribution in [0, 0.1) is 0 Å². The molecule has 84 valence electrons. The molecule has 5 heteroatoms. The fraction of sp³-hybridized carbons (Fsp3) is 0.800. The summed E-state index contributed by atoms with van der Waals surface area (Å²) < 4.78 is 7.54. The third-order valence-corrected chi connectivity index (χ3v) is 2.85. The maximum absolute atomic E-state index is 5.72. The SMILES string of the molecule is CCc1c(N)nnn1CC1CCCCO1. The second-order valence-electron chi connectivity index (χ2n) is 3.95. The Morgan fingerprint density at radius 1 is 1.53 bits per heavy atom. The molecule has 1 atom stereocenters. The highest BCUT2D eigenvalue weighted by Crippen LogP contribution is 2.16. The average molecular weight is 210 g/mol. The summed E-state index contributed by atoms with van der Waals surface area (Å²) in [5, 5.41) is 7.93. The van der Waals surface area contributed by atoms with E-state index in [1.54, 1.807) is 0 Å². The first-order valence-electron chi connectivity index (χ1n) is 5.60. The molecule has 0 aromatic carbocycles. The number of nitrogen functional groups attached to an aromatic ring is 1. The molecule has 0 radical (unpaired) electrons. The Bertz CT molecular complexity index is 317. The van der Waals surface area contributed by atoms with E-state index in [0.717, 1.165) is 31.7 Å². The normalized spacial score (nSPS) is 21.8. The zero-order chi connectivity index (χ0) is 10.7. The van der Waals surface area contributed by atoms with E-state index >= 15 is 0 Å². The third kappa shape index (κ3) is 2.28. The molecule has 5 nitrogen and oxygen atoms in total. The minimum atomic E-state index is 0.283. The number of nitrogens with zero attached hydrogens (tertiary/aromatic N) is 3. The van der Waals surface area contributed by atoms with E-state index in [2.05, 4.69) is 17.2 Å². The van der Waals surface area contributed by atoms with Gasteiger partial charge in [0.25, 0.3) is 0 Å². The van der Waals surface area contributed by atoms with Gasteiger partial charge in [-0.2, -0.15) is 0 Å². The minimum absolute atomic E-state index is 0.283. The van der Waals surface area contributed by atoms with Crippen molar-refractivity contribution in [3.63, 3.8) is 0 Å². The van der Waals surface area contributed by atoms with Crippen molar-refractivity contribution in [3.8, 4) is 0 Å². The molecular weight excluding hydrogens is 192 g/mol. The highest BCUT2D eigenvalue weighted by molar-refractivity contribution is 5.32. The van der Waals surface area contributed by atoms with Crippen molar-refractivity contribution < 1.29 is 4.74 Å². The van der Waals surface area contributed by atoms with E-state index in [4.69, 9.17) is 10.5 Å². The highest BCUT2D eigenvalue weighted by atomic mass is 16.5. The smallest absolute Gasteiger partial charge is 0.169 e. The molecule has 2 N–H and O–H groups in total. The van der Waals surface area contributed by atoms with E-state index in [0.29, 0.717) is 5.82 Å². The fourth-order valence-corrected chi connectivity index (χ4v) is 2.00. The first kappa shape index (κ1) is 10.4. The molecule has 2 rings (SSSR count). The van der Waals surface area contributed by atoms with E-state index in [9.17, 15) is 0 Å². The van der Waals surface area contributed by atoms with Gasteiger partial charge in [0.15, 0.2) is 5.82 Å². The summed E-state index contributed by atoms with van der Waals surface area (Å²) >= 11 is 0. The average Bonchev–Trinajstić information content (AvgIpc) is 2.61. The van der Waals surface area contributed by atoms with Crippen molar-refractivity contribution in [2.75, 3.05) is 12.3 Å². The standard InChI is InChI=1S/C10H18N4O/c1-2-9-10(11)12-13-14(9)7-8-5-3-4-6-15-8/h8H,2-7,11H2,1H3. The molecule has 1 fully saturated rings. The van der Waals surface area contributed by atoms with Gasteiger partial charge in [0.05, 0.1) is 18.3 Å². The van der Waals surface area contributed by atoms with Gasteiger partial charge in [0, 0.05) is 6.61 Å². The summed E-state index contributed by atoms with van der Waals surface area (Å²) in [4.78, 5) is 0. The van der Waals surface area contributed by atoms with Crippen LogP contribution in [-0.2, 0) is 17.7 Å². The Kier molecular flexibility index (Phi) is 3.20. The van der Waals surface area contributed by atoms with E-state index in [1.807, 2.05) is 4.68 Å². The van der Waals surface area contributed by atoms with Crippen LogP contribution < -0.4 is 5.73 Å². The predicted octanol–water partition coefficient (Wildman–Crippen LogP) is 0.992. The van der Waals surface area contributed by atoms with Crippen molar-refractivity contribution in [2.24, 2.45) is 0 Å². The van der Waals surface area contributed by atoms with Crippen molar-refractivity contribution in [3.05, 3.63) is 5.69 Å². The van der Waals surface area contributed by atoms with E-state index in [1.165, 1.54) is 12.8 Å². The van der Waals surface area contributed by atoms with Crippen LogP contribution >= 0.6 is 0 Å². The van der Waals surface area contributed by atoms with Crippen LogP contribution in [-0.4, -0.2) is 27.7 Å². The van der Waals surface area contributed by atoms with Gasteiger partial charge in [-0.3, -0.25) is 0 Å². The van der Waals surface area contributed by atoms with Crippen LogP contribution in [0.1, 0.15) is 31.9 Å². The monoisotopic (exact) mass is 210 g/mol. The first-order valence-corrected chi connectivity index (χ1v) is 5.60. The molecule has 1 saturated heterocycles. The molecule has 1 aliphatic heterocycles. The van der Waals surface area contributed by atoms with Gasteiger partial charge in [0.1, 0.15) is 0 Å². The molecule has 0 spiro atoms. The molecule has 0 bridgehead atoms. The van der Waals surface area contributed by atoms with Crippen molar-refractivity contribution in [1.29, 1.82) is 0 Å². The van der Waals surface area contributed by atoms with Crippen LogP contribution in [0.4, 0.5) is 5.82 Å². The van der Waals surface area contributed by atoms with Crippen LogP contribution in [0.5, 0.6) is 0 Å². The van der Waals surface area contributed by atoms with Crippen molar-refractivity contribution in [1.82, 2.24) is 15.0 Å². The predicted molar refractivity (Wildman–Crippen MR) is 57.4 cm³/mol. The van der Waals surface area contributed by atoms with E-state index in [-0.39, 0.29) is 6.10 Å². The Morgan fingerprint density at radius 2 is 2.40 bits per heavy atom. The lowest BCUT2D eigenvalue weighted by Crippen LogP contribution is -2.25. The maximum atomic E-state index is 5.72. The number of anilines is 1. The zero-order valence-corrected chi connectivity index (χ0v) is 9.15. The van der Waals surface area contributed by atoms with Gasteiger partial charge in [-0.15, -0.1) is 5.10 Å². The van der Waals surface area contributed by atoms with E-state index < -0.39 is 0 Å². The van der Waals surface area contributed by atoms with Crippen LogP contribution in [0.3, 0.4) is 0 Å². The minimum Gasteiger partial charge on any atom is -0.381 e. The summed E-state index contributed by atoms with van der Waals surface area (Å²) in [6.07, 6.45) is 4.69. The summed E-state index contributed by atoms with van der Waals surface area (Å²) in [5.41, 5.74) is 6.74. The van der Waals surface area contributed by atoms with Gasteiger partial charge >= 0.3 is 0 Å². The summed E-state index contributed by atoms with van der Waals surface area (Å²) in [6, 6.07) is 0. The summed E-state index contributed by atoms with van der Waals surface area (Å²) in [5.74, 6) is 0.549. The number of nitrogens with two attached hydrogens (primary N) is 1. The topological polar surface area (TPSA) is 66.0 Å². The molecule has 0 aliphatic carbocycles. The third-order valence-electron chi connectivity index (χ3n) is 2.85. The van der Waals surface area contributed by atoms with Crippen LogP contribution in [0.25, 0.3) is 0 Å². The van der Waals surface area contributed by atoms with Crippen molar-refractivity contribution in [2.45, 2.75) is 45.3 Å². The molecular formula is C10H18N4O. The molecule has 1 aromatic rings. The second-order valence-corrected chi connectivity index (χ2v) is 3.95. The van der Waals surface area contributed by atoms with Crippen LogP contribution in [0.15, 0.2) is 0 Å². The maximum Gasteiger partial charge on any atom is 0.169 e. The summed E-state index contributed by atoms with van der Waals surface area (Å²) in [7, 11) is 0. The zero-order valence-electron chi connectivity index (χ0n) is 9.15. The number of ether oxygens (including phenoxy) is 1.